The van der Waals surface area contributed by atoms with Crippen LogP contribution in [0.4, 0.5) is 0 Å². The molecule has 0 unspecified atom stereocenters. The van der Waals surface area contributed by atoms with E-state index in [1.165, 1.54) is 0 Å². The molecule has 3 heteroatoms. The summed E-state index contributed by atoms with van der Waals surface area (Å²) in [6, 6.07) is 30.5. The molecule has 3 nitrogen and oxygen atoms in total. The number of fused-ring (bicyclic) bond motifs is 1. The first-order valence-electron chi connectivity index (χ1n) is 9.08. The Kier molecular flexibility index (Phi) is 3.91. The first-order chi connectivity index (χ1) is 13.4. The third-order valence-electron chi connectivity index (χ3n) is 4.83. The minimum Gasteiger partial charge on any atom is -0.449 e. The molecule has 27 heavy (non-hydrogen) atoms. The van der Waals surface area contributed by atoms with Crippen LogP contribution in [0, 0.1) is 0 Å². The van der Waals surface area contributed by atoms with Crippen LogP contribution in [0.2, 0.25) is 0 Å². The summed E-state index contributed by atoms with van der Waals surface area (Å²) in [5, 5.41) is 0. The Morgan fingerprint density at radius 1 is 0.593 bits per heavy atom. The average molecular weight is 350 g/mol. The van der Waals surface area contributed by atoms with Crippen molar-refractivity contribution >= 4 is 17.2 Å². The van der Waals surface area contributed by atoms with E-state index in [0.717, 1.165) is 28.0 Å². The van der Waals surface area contributed by atoms with E-state index < -0.39 is 0 Å². The Balaban J connectivity index is 1.60. The summed E-state index contributed by atoms with van der Waals surface area (Å²) >= 11 is 0. The van der Waals surface area contributed by atoms with Gasteiger partial charge in [-0.05, 0) is 34.9 Å². The van der Waals surface area contributed by atoms with Gasteiger partial charge in [-0.3, -0.25) is 0 Å². The monoisotopic (exact) mass is 350 g/mol. The molecule has 0 spiro atoms. The molecule has 2 atom stereocenters. The van der Waals surface area contributed by atoms with Gasteiger partial charge in [-0.25, -0.2) is 9.98 Å². The van der Waals surface area contributed by atoms with Crippen molar-refractivity contribution in [2.24, 2.45) is 9.98 Å². The highest BCUT2D eigenvalue weighted by Gasteiger charge is 2.37. The van der Waals surface area contributed by atoms with E-state index in [1.54, 1.807) is 0 Å². The van der Waals surface area contributed by atoms with E-state index in [1.807, 2.05) is 54.6 Å². The number of hydrogen-bond acceptors (Lipinski definition) is 3. The molecule has 5 rings (SSSR count). The maximum atomic E-state index is 6.18. The molecule has 3 aromatic rings. The third kappa shape index (κ3) is 2.97. The summed E-state index contributed by atoms with van der Waals surface area (Å²) < 4.78 is 6.18. The van der Waals surface area contributed by atoms with Crippen LogP contribution in [-0.4, -0.2) is 23.9 Å². The van der Waals surface area contributed by atoms with Crippen molar-refractivity contribution in [2.45, 2.75) is 12.3 Å². The topological polar surface area (TPSA) is 34.0 Å². The second-order valence-electron chi connectivity index (χ2n) is 6.60. The third-order valence-corrected chi connectivity index (χ3v) is 4.83. The first-order valence-corrected chi connectivity index (χ1v) is 9.08. The molecule has 2 aliphatic heterocycles. The maximum absolute atomic E-state index is 6.18. The minimum absolute atomic E-state index is 0.130. The van der Waals surface area contributed by atoms with Crippen molar-refractivity contribution in [3.8, 4) is 0 Å². The number of ether oxygens (including phenoxy) is 1. The SMILES string of the molecule is C1=C(c2ccccc2)[C@H]2N=C(c3ccccc3)O[C@@H]2N=C1c1ccccc1. The lowest BCUT2D eigenvalue weighted by Crippen LogP contribution is -2.27. The summed E-state index contributed by atoms with van der Waals surface area (Å²) in [5.41, 5.74) is 5.29. The summed E-state index contributed by atoms with van der Waals surface area (Å²) in [5.74, 6) is 0.658. The molecular formula is C24H18N2O. The van der Waals surface area contributed by atoms with Gasteiger partial charge in [-0.2, -0.15) is 0 Å². The van der Waals surface area contributed by atoms with Crippen LogP contribution in [0.1, 0.15) is 16.7 Å². The number of hydrogen-bond donors (Lipinski definition) is 0. The molecule has 0 saturated heterocycles. The minimum atomic E-state index is -0.337. The van der Waals surface area contributed by atoms with Gasteiger partial charge in [-0.1, -0.05) is 78.9 Å². The van der Waals surface area contributed by atoms with Crippen LogP contribution in [0.5, 0.6) is 0 Å². The molecule has 3 aromatic carbocycles. The molecule has 2 aliphatic rings. The Hall–Kier alpha value is -3.46. The van der Waals surface area contributed by atoms with Crippen molar-refractivity contribution in [1.29, 1.82) is 0 Å². The highest BCUT2D eigenvalue weighted by Crippen LogP contribution is 2.34. The van der Waals surface area contributed by atoms with Crippen LogP contribution in [0.15, 0.2) is 107 Å². The predicted octanol–water partition coefficient (Wildman–Crippen LogP) is 4.74. The lowest BCUT2D eigenvalue weighted by atomic mass is 9.92. The zero-order valence-corrected chi connectivity index (χ0v) is 14.7. The van der Waals surface area contributed by atoms with Crippen LogP contribution in [0.3, 0.4) is 0 Å². The Morgan fingerprint density at radius 3 is 1.78 bits per heavy atom. The molecule has 0 aromatic heterocycles. The zero-order valence-electron chi connectivity index (χ0n) is 14.7. The number of rotatable bonds is 3. The normalized spacial score (nSPS) is 20.8. The largest absolute Gasteiger partial charge is 0.449 e. The predicted molar refractivity (Wildman–Crippen MR) is 109 cm³/mol. The molecule has 130 valence electrons. The highest BCUT2D eigenvalue weighted by atomic mass is 16.5. The van der Waals surface area contributed by atoms with E-state index in [9.17, 15) is 0 Å². The summed E-state index contributed by atoms with van der Waals surface area (Å²) in [6.07, 6.45) is 1.81. The standard InChI is InChI=1S/C24H18N2O/c1-4-10-17(11-5-1)20-16-21(18-12-6-2-7-13-18)25-24-22(20)26-23(27-24)19-14-8-3-9-15-19/h1-16,22,24H/t22-,24+/m1/s1. The number of aliphatic imine (C=N–C) groups is 2. The smallest absolute Gasteiger partial charge is 0.219 e. The Labute approximate surface area is 158 Å². The summed E-state index contributed by atoms with van der Waals surface area (Å²) in [6.45, 7) is 0. The fraction of sp³-hybridized carbons (Fsp3) is 0.0833. The van der Waals surface area contributed by atoms with E-state index in [0.29, 0.717) is 5.90 Å². The zero-order chi connectivity index (χ0) is 18.1. The second-order valence-corrected chi connectivity index (χ2v) is 6.60. The number of allylic oxidation sites excluding steroid dienone is 1. The van der Waals surface area contributed by atoms with E-state index in [-0.39, 0.29) is 12.3 Å². The number of dihydropyridines is 1. The van der Waals surface area contributed by atoms with Crippen LogP contribution < -0.4 is 0 Å². The van der Waals surface area contributed by atoms with Crippen LogP contribution in [-0.2, 0) is 4.74 Å². The molecular weight excluding hydrogens is 332 g/mol. The van der Waals surface area contributed by atoms with Crippen LogP contribution >= 0.6 is 0 Å². The van der Waals surface area contributed by atoms with Crippen molar-refractivity contribution < 1.29 is 4.74 Å². The molecule has 0 fully saturated rings. The Morgan fingerprint density at radius 2 is 1.15 bits per heavy atom. The lowest BCUT2D eigenvalue weighted by Gasteiger charge is -2.23. The van der Waals surface area contributed by atoms with Gasteiger partial charge in [0.1, 0.15) is 6.04 Å². The van der Waals surface area contributed by atoms with Gasteiger partial charge in [0.05, 0.1) is 5.71 Å². The molecule has 0 N–H and O–H groups in total. The second kappa shape index (κ2) is 6.69. The van der Waals surface area contributed by atoms with Crippen molar-refractivity contribution in [1.82, 2.24) is 0 Å². The van der Waals surface area contributed by atoms with Gasteiger partial charge >= 0.3 is 0 Å². The van der Waals surface area contributed by atoms with Gasteiger partial charge in [0.15, 0.2) is 0 Å². The van der Waals surface area contributed by atoms with E-state index in [4.69, 9.17) is 14.7 Å². The molecule has 0 bridgehead atoms. The van der Waals surface area contributed by atoms with Crippen molar-refractivity contribution in [2.75, 3.05) is 0 Å². The van der Waals surface area contributed by atoms with Gasteiger partial charge in [-0.15, -0.1) is 0 Å². The molecule has 2 heterocycles. The van der Waals surface area contributed by atoms with Gasteiger partial charge < -0.3 is 4.74 Å². The van der Waals surface area contributed by atoms with Gasteiger partial charge in [0, 0.05) is 5.56 Å². The number of benzene rings is 3. The van der Waals surface area contributed by atoms with Crippen LogP contribution in [0.25, 0.3) is 5.57 Å². The highest BCUT2D eigenvalue weighted by molar-refractivity contribution is 6.14. The maximum Gasteiger partial charge on any atom is 0.219 e. The molecule has 0 radical (unpaired) electrons. The fourth-order valence-electron chi connectivity index (χ4n) is 3.50. The fourth-order valence-corrected chi connectivity index (χ4v) is 3.50. The quantitative estimate of drug-likeness (QED) is 0.671. The Bertz CT molecular complexity index is 1040. The summed E-state index contributed by atoms with van der Waals surface area (Å²) in [4.78, 5) is 9.75. The van der Waals surface area contributed by atoms with E-state index in [2.05, 4.69) is 42.5 Å². The molecule has 0 saturated carbocycles. The summed E-state index contributed by atoms with van der Waals surface area (Å²) in [7, 11) is 0. The van der Waals surface area contributed by atoms with Gasteiger partial charge in [0.2, 0.25) is 12.1 Å². The van der Waals surface area contributed by atoms with Crippen molar-refractivity contribution in [3.05, 3.63) is 114 Å². The number of nitrogens with zero attached hydrogens (tertiary/aromatic N) is 2. The van der Waals surface area contributed by atoms with E-state index >= 15 is 0 Å². The molecule has 0 amide bonds. The van der Waals surface area contributed by atoms with Gasteiger partial charge in [0.25, 0.3) is 0 Å². The lowest BCUT2D eigenvalue weighted by molar-refractivity contribution is 0.218. The average Bonchev–Trinajstić information content (AvgIpc) is 3.19. The van der Waals surface area contributed by atoms with Crippen molar-refractivity contribution in [3.63, 3.8) is 0 Å². The first kappa shape index (κ1) is 15.8. The molecule has 0 aliphatic carbocycles.